The normalized spacial score (nSPS) is 13.3. The summed E-state index contributed by atoms with van der Waals surface area (Å²) in [6, 6.07) is 3.09. The van der Waals surface area contributed by atoms with Crippen molar-refractivity contribution in [2.45, 2.75) is 38.3 Å². The van der Waals surface area contributed by atoms with Gasteiger partial charge in [-0.1, -0.05) is 0 Å². The molecule has 0 fully saturated rings. The number of anilines is 1. The lowest BCUT2D eigenvalue weighted by atomic mass is 10.1. The maximum Gasteiger partial charge on any atom is 0.423 e. The highest BCUT2D eigenvalue weighted by molar-refractivity contribution is 5.86. The number of hydrogen-bond donors (Lipinski definition) is 2. The van der Waals surface area contributed by atoms with Gasteiger partial charge >= 0.3 is 6.18 Å². The van der Waals surface area contributed by atoms with E-state index in [0.717, 1.165) is 16.8 Å². The average Bonchev–Trinajstić information content (AvgIpc) is 2.85. The van der Waals surface area contributed by atoms with Crippen molar-refractivity contribution >= 4 is 16.5 Å². The Morgan fingerprint density at radius 2 is 1.87 bits per heavy atom. The zero-order chi connectivity index (χ0) is 27.6. The summed E-state index contributed by atoms with van der Waals surface area (Å²) in [5.74, 6) is -0.277. The molecule has 0 spiro atoms. The van der Waals surface area contributed by atoms with Crippen LogP contribution in [0.4, 0.5) is 27.6 Å². The number of halogens is 5. The van der Waals surface area contributed by atoms with Crippen molar-refractivity contribution in [3.63, 3.8) is 0 Å². The van der Waals surface area contributed by atoms with Gasteiger partial charge in [-0.05, 0) is 30.5 Å². The first kappa shape index (κ1) is 26.7. The van der Waals surface area contributed by atoms with E-state index in [0.29, 0.717) is 11.1 Å². The second-order valence-corrected chi connectivity index (χ2v) is 8.50. The highest BCUT2D eigenvalue weighted by Gasteiger charge is 2.37. The molecule has 0 saturated heterocycles. The number of nitrogens with zero attached hydrogens (tertiary/aromatic N) is 4. The van der Waals surface area contributed by atoms with Crippen LogP contribution in [0, 0.1) is 5.82 Å². The molecule has 3 aromatic heterocycles. The van der Waals surface area contributed by atoms with E-state index < -0.39 is 53.1 Å². The second-order valence-electron chi connectivity index (χ2n) is 8.50. The standard InChI is InChI=1S/C24H21F5N6O3/c1-12(33-19-10-32-34-22(36)20(19)24(27,28)29)5-14(25)11-35-4-3-13-6-17(18(26)7-16(13)23(35)37)21-30-8-15(38-2)9-31-21/h3-4,6-10,12,14H,5,11H2,1-2H3,(H2,33,34,36)/t12-,14-/m0/s1. The topological polar surface area (TPSA) is 115 Å². The van der Waals surface area contributed by atoms with E-state index in [1.165, 1.54) is 44.8 Å². The number of methoxy groups -OCH3 is 1. The van der Waals surface area contributed by atoms with Crippen LogP contribution in [0.1, 0.15) is 18.9 Å². The fourth-order valence-electron chi connectivity index (χ4n) is 3.97. The van der Waals surface area contributed by atoms with E-state index >= 15 is 0 Å². The monoisotopic (exact) mass is 536 g/mol. The van der Waals surface area contributed by atoms with Crippen LogP contribution in [0.2, 0.25) is 0 Å². The summed E-state index contributed by atoms with van der Waals surface area (Å²) in [4.78, 5) is 32.6. The van der Waals surface area contributed by atoms with Crippen LogP contribution in [0.25, 0.3) is 22.2 Å². The Kier molecular flexibility index (Phi) is 7.41. The average molecular weight is 536 g/mol. The number of alkyl halides is 4. The lowest BCUT2D eigenvalue weighted by molar-refractivity contribution is -0.138. The number of fused-ring (bicyclic) bond motifs is 1. The molecule has 4 rings (SSSR count). The molecule has 0 aliphatic rings. The van der Waals surface area contributed by atoms with Gasteiger partial charge in [0.2, 0.25) is 0 Å². The Hall–Kier alpha value is -4.36. The van der Waals surface area contributed by atoms with Crippen molar-refractivity contribution in [1.29, 1.82) is 0 Å². The van der Waals surface area contributed by atoms with Crippen LogP contribution < -0.4 is 21.2 Å². The lowest BCUT2D eigenvalue weighted by Gasteiger charge is -2.20. The SMILES string of the molecule is COc1cnc(-c2cc3ccn(C[C@@H](F)C[C@H](C)Nc4cn[nH]c(=O)c4C(F)(F)F)c(=O)c3cc2F)nc1. The summed E-state index contributed by atoms with van der Waals surface area (Å²) in [6.07, 6.45) is -2.02. The third-order valence-corrected chi connectivity index (χ3v) is 5.71. The number of rotatable bonds is 8. The Bertz CT molecular complexity index is 1570. The van der Waals surface area contributed by atoms with Gasteiger partial charge in [0.25, 0.3) is 11.1 Å². The zero-order valence-electron chi connectivity index (χ0n) is 20.0. The van der Waals surface area contributed by atoms with Crippen LogP contribution >= 0.6 is 0 Å². The molecule has 38 heavy (non-hydrogen) atoms. The number of pyridine rings is 1. The number of hydrogen-bond acceptors (Lipinski definition) is 7. The molecule has 0 bridgehead atoms. The number of aromatic amines is 1. The van der Waals surface area contributed by atoms with Crippen LogP contribution in [-0.4, -0.2) is 44.1 Å². The number of nitrogens with one attached hydrogen (secondary N) is 2. The Morgan fingerprint density at radius 3 is 2.53 bits per heavy atom. The fraction of sp³-hybridized carbons (Fsp3) is 0.292. The number of ether oxygens (including phenoxy) is 1. The van der Waals surface area contributed by atoms with Crippen molar-refractivity contribution in [1.82, 2.24) is 24.7 Å². The first-order chi connectivity index (χ1) is 18.0. The highest BCUT2D eigenvalue weighted by Crippen LogP contribution is 2.32. The molecule has 9 nitrogen and oxygen atoms in total. The van der Waals surface area contributed by atoms with Gasteiger partial charge in [0.1, 0.15) is 17.6 Å². The van der Waals surface area contributed by atoms with E-state index in [9.17, 15) is 31.5 Å². The predicted octanol–water partition coefficient (Wildman–Crippen LogP) is 3.94. The summed E-state index contributed by atoms with van der Waals surface area (Å²) < 4.78 is 75.4. The summed E-state index contributed by atoms with van der Waals surface area (Å²) in [5.41, 5.74) is -4.07. The summed E-state index contributed by atoms with van der Waals surface area (Å²) in [6.45, 7) is 1.00. The van der Waals surface area contributed by atoms with Crippen LogP contribution in [0.15, 0.2) is 52.6 Å². The molecule has 200 valence electrons. The van der Waals surface area contributed by atoms with Crippen LogP contribution in [0.3, 0.4) is 0 Å². The molecule has 2 N–H and O–H groups in total. The first-order valence-electron chi connectivity index (χ1n) is 11.2. The minimum absolute atomic E-state index is 0.00467. The second kappa shape index (κ2) is 10.6. The van der Waals surface area contributed by atoms with E-state index in [-0.39, 0.29) is 23.2 Å². The van der Waals surface area contributed by atoms with Crippen molar-refractivity contribution in [3.05, 3.63) is 75.1 Å². The van der Waals surface area contributed by atoms with E-state index in [1.54, 1.807) is 5.10 Å². The van der Waals surface area contributed by atoms with Gasteiger partial charge < -0.3 is 14.6 Å². The van der Waals surface area contributed by atoms with Crippen molar-refractivity contribution < 1.29 is 26.7 Å². The Balaban J connectivity index is 1.51. The molecule has 14 heteroatoms. The van der Waals surface area contributed by atoms with Crippen LogP contribution in [0.5, 0.6) is 5.75 Å². The molecule has 4 aromatic rings. The highest BCUT2D eigenvalue weighted by atomic mass is 19.4. The summed E-state index contributed by atoms with van der Waals surface area (Å²) in [5, 5.41) is 7.92. The predicted molar refractivity (Wildman–Crippen MR) is 128 cm³/mol. The van der Waals surface area contributed by atoms with E-state index in [1.807, 2.05) is 0 Å². The molecule has 0 amide bonds. The number of H-pyrrole nitrogens is 1. The molecular weight excluding hydrogens is 515 g/mol. The quantitative estimate of drug-likeness (QED) is 0.328. The fourth-order valence-corrected chi connectivity index (χ4v) is 3.97. The largest absolute Gasteiger partial charge is 0.494 e. The molecule has 2 atom stereocenters. The minimum Gasteiger partial charge on any atom is -0.494 e. The molecule has 0 saturated carbocycles. The minimum atomic E-state index is -4.94. The molecule has 1 aromatic carbocycles. The van der Waals surface area contributed by atoms with Gasteiger partial charge in [-0.15, -0.1) is 0 Å². The van der Waals surface area contributed by atoms with E-state index in [2.05, 4.69) is 20.4 Å². The first-order valence-corrected chi connectivity index (χ1v) is 11.2. The van der Waals surface area contributed by atoms with Gasteiger partial charge in [0, 0.05) is 18.7 Å². The number of aromatic nitrogens is 5. The molecular formula is C24H21F5N6O3. The smallest absolute Gasteiger partial charge is 0.423 e. The van der Waals surface area contributed by atoms with Gasteiger partial charge in [-0.3, -0.25) is 9.59 Å². The van der Waals surface area contributed by atoms with Crippen molar-refractivity contribution in [2.24, 2.45) is 0 Å². The Morgan fingerprint density at radius 1 is 1.16 bits per heavy atom. The lowest BCUT2D eigenvalue weighted by Crippen LogP contribution is -2.30. The molecule has 3 heterocycles. The third kappa shape index (κ3) is 5.63. The van der Waals surface area contributed by atoms with E-state index in [4.69, 9.17) is 4.74 Å². The molecule has 0 unspecified atom stereocenters. The maximum absolute atomic E-state index is 14.9. The summed E-state index contributed by atoms with van der Waals surface area (Å²) in [7, 11) is 1.44. The summed E-state index contributed by atoms with van der Waals surface area (Å²) >= 11 is 0. The maximum atomic E-state index is 14.9. The van der Waals surface area contributed by atoms with Gasteiger partial charge in [0.05, 0.1) is 48.9 Å². The Labute approximate surface area is 211 Å². The van der Waals surface area contributed by atoms with Crippen LogP contribution in [-0.2, 0) is 12.7 Å². The van der Waals surface area contributed by atoms with Crippen molar-refractivity contribution in [3.8, 4) is 17.1 Å². The van der Waals surface area contributed by atoms with Crippen molar-refractivity contribution in [2.75, 3.05) is 12.4 Å². The number of benzene rings is 1. The van der Waals surface area contributed by atoms with Gasteiger partial charge in [-0.25, -0.2) is 23.8 Å². The molecule has 0 aliphatic heterocycles. The molecule has 0 aliphatic carbocycles. The van der Waals surface area contributed by atoms with Gasteiger partial charge in [-0.2, -0.15) is 18.3 Å². The third-order valence-electron chi connectivity index (χ3n) is 5.71. The van der Waals surface area contributed by atoms with Gasteiger partial charge in [0.15, 0.2) is 11.6 Å². The zero-order valence-corrected chi connectivity index (χ0v) is 20.0. The molecule has 0 radical (unpaired) electrons.